The number of benzene rings is 1. The van der Waals surface area contributed by atoms with Gasteiger partial charge in [-0.15, -0.1) is 0 Å². The maximum atomic E-state index is 12.3. The molecule has 0 atom stereocenters. The van der Waals surface area contributed by atoms with E-state index in [9.17, 15) is 14.7 Å². The first-order valence-electron chi connectivity index (χ1n) is 11.4. The van der Waals surface area contributed by atoms with Crippen LogP contribution in [-0.2, 0) is 38.0 Å². The highest BCUT2D eigenvalue weighted by atomic mass is 28.3. The molecule has 1 heterocycles. The van der Waals surface area contributed by atoms with Crippen LogP contribution >= 0.6 is 0 Å². The minimum absolute atomic E-state index is 0.0285. The lowest BCUT2D eigenvalue weighted by molar-refractivity contribution is -0.132. The van der Waals surface area contributed by atoms with Crippen molar-refractivity contribution in [3.8, 4) is 0 Å². The number of rotatable bonds is 8. The first-order valence-corrected chi connectivity index (χ1v) is 14.2. The molecule has 1 aromatic carbocycles. The zero-order chi connectivity index (χ0) is 25.7. The number of carboxylic acid groups (broad SMARTS) is 1. The lowest BCUT2D eigenvalue weighted by atomic mass is 9.78. The highest BCUT2D eigenvalue weighted by Crippen LogP contribution is 2.41. The zero-order valence-corrected chi connectivity index (χ0v) is 22.6. The summed E-state index contributed by atoms with van der Waals surface area (Å²) in [5.74, 6) is -0.162. The molecule has 0 aliphatic heterocycles. The number of alkyl carbamates (subject to hydrolysis) is 1. The Morgan fingerprint density at radius 3 is 2.15 bits per heavy atom. The Hall–Kier alpha value is -2.84. The molecule has 1 amide bonds. The first kappa shape index (κ1) is 27.4. The van der Waals surface area contributed by atoms with E-state index in [-0.39, 0.29) is 23.1 Å². The molecule has 2 N–H and O–H groups in total. The Labute approximate surface area is 203 Å². The summed E-state index contributed by atoms with van der Waals surface area (Å²) in [6.45, 7) is 16.9. The number of hydrogen-bond donors (Lipinski definition) is 2. The van der Waals surface area contributed by atoms with Crippen molar-refractivity contribution in [3.63, 3.8) is 0 Å². The molecular formula is C26H37NO6Si. The van der Waals surface area contributed by atoms with E-state index in [1.807, 2.05) is 51.1 Å². The maximum absolute atomic E-state index is 12.3. The van der Waals surface area contributed by atoms with Crippen molar-refractivity contribution in [1.82, 2.24) is 5.32 Å². The molecule has 0 bridgehead atoms. The van der Waals surface area contributed by atoms with Crippen LogP contribution in [0.15, 0.2) is 40.4 Å². The van der Waals surface area contributed by atoms with Crippen molar-refractivity contribution < 1.29 is 28.3 Å². The van der Waals surface area contributed by atoms with Crippen LogP contribution in [-0.4, -0.2) is 26.2 Å². The minimum atomic E-state index is -1.36. The molecule has 1 aromatic heterocycles. The average Bonchev–Trinajstić information content (AvgIpc) is 3.10. The summed E-state index contributed by atoms with van der Waals surface area (Å²) in [6, 6.07) is 9.16. The van der Waals surface area contributed by atoms with Crippen LogP contribution in [0, 0.1) is 0 Å². The van der Waals surface area contributed by atoms with Gasteiger partial charge in [0, 0.05) is 22.6 Å². The highest BCUT2D eigenvalue weighted by Gasteiger charge is 2.34. The maximum Gasteiger partial charge on any atom is 0.412 e. The van der Waals surface area contributed by atoms with Gasteiger partial charge in [-0.2, -0.15) is 0 Å². The molecule has 2 aromatic rings. The smallest absolute Gasteiger partial charge is 0.412 e. The van der Waals surface area contributed by atoms with Gasteiger partial charge in [-0.05, 0) is 24.1 Å². The second kappa shape index (κ2) is 11.1. The predicted molar refractivity (Wildman–Crippen MR) is 135 cm³/mol. The largest absolute Gasteiger partial charge is 0.477 e. The molecular weight excluding hydrogens is 450 g/mol. The molecule has 34 heavy (non-hydrogen) atoms. The fourth-order valence-corrected chi connectivity index (χ4v) is 3.97. The van der Waals surface area contributed by atoms with E-state index in [1.54, 1.807) is 0 Å². The number of nitrogens with one attached hydrogen (secondary N) is 1. The molecule has 0 unspecified atom stereocenters. The van der Waals surface area contributed by atoms with E-state index in [1.165, 1.54) is 6.08 Å². The number of amides is 1. The third kappa shape index (κ3) is 7.60. The van der Waals surface area contributed by atoms with E-state index in [0.29, 0.717) is 12.4 Å². The van der Waals surface area contributed by atoms with E-state index >= 15 is 0 Å². The lowest BCUT2D eigenvalue weighted by Gasteiger charge is -2.26. The van der Waals surface area contributed by atoms with Crippen LogP contribution in [0.4, 0.5) is 4.79 Å². The Balaban J connectivity index is 2.45. The Bertz CT molecular complexity index is 1030. The van der Waals surface area contributed by atoms with Crippen molar-refractivity contribution in [1.29, 1.82) is 0 Å². The quantitative estimate of drug-likeness (QED) is 0.365. The van der Waals surface area contributed by atoms with Crippen LogP contribution in [0.2, 0.25) is 13.1 Å². The van der Waals surface area contributed by atoms with Gasteiger partial charge in [0.1, 0.15) is 23.8 Å². The van der Waals surface area contributed by atoms with Crippen LogP contribution in [0.25, 0.3) is 6.08 Å². The second-order valence-electron chi connectivity index (χ2n) is 10.6. The molecule has 8 heteroatoms. The molecule has 0 saturated carbocycles. The Morgan fingerprint density at radius 1 is 1.03 bits per heavy atom. The van der Waals surface area contributed by atoms with E-state index in [2.05, 4.69) is 39.2 Å². The first-order chi connectivity index (χ1) is 15.7. The fourth-order valence-electron chi connectivity index (χ4n) is 3.47. The summed E-state index contributed by atoms with van der Waals surface area (Å²) < 4.78 is 17.5. The topological polar surface area (TPSA) is 98.0 Å². The van der Waals surface area contributed by atoms with Gasteiger partial charge in [-0.3, -0.25) is 5.32 Å². The van der Waals surface area contributed by atoms with E-state index in [4.69, 9.17) is 13.6 Å². The lowest BCUT2D eigenvalue weighted by Crippen LogP contribution is -2.27. The fraction of sp³-hybridized carbons (Fsp3) is 0.462. The number of aliphatic carboxylic acids is 1. The molecule has 0 radical (unpaired) electrons. The molecule has 7 nitrogen and oxygen atoms in total. The van der Waals surface area contributed by atoms with Gasteiger partial charge in [0.05, 0.1) is 6.61 Å². The van der Waals surface area contributed by atoms with Crippen molar-refractivity contribution in [2.75, 3.05) is 0 Å². The summed E-state index contributed by atoms with van der Waals surface area (Å²) in [7, 11) is -1.36. The third-order valence-electron chi connectivity index (χ3n) is 4.99. The van der Waals surface area contributed by atoms with Crippen LogP contribution in [0.1, 0.15) is 69.8 Å². The van der Waals surface area contributed by atoms with Crippen LogP contribution in [0.5, 0.6) is 0 Å². The molecule has 2 rings (SSSR count). The highest BCUT2D eigenvalue weighted by molar-refractivity contribution is 6.48. The molecule has 186 valence electrons. The molecule has 0 spiro atoms. The molecule has 0 aliphatic rings. The minimum Gasteiger partial charge on any atom is -0.477 e. The number of ether oxygens (including phenoxy) is 1. The number of hydrogen-bond acceptors (Lipinski definition) is 5. The van der Waals surface area contributed by atoms with Gasteiger partial charge in [0.25, 0.3) is 0 Å². The summed E-state index contributed by atoms with van der Waals surface area (Å²) >= 11 is 0. The van der Waals surface area contributed by atoms with Gasteiger partial charge in [0.2, 0.25) is 0 Å². The SMILES string of the molecule is C[SiH](C)OCc1c(/C=C(/NC(=O)OCc2ccccc2)C(=O)O)oc(C(C)(C)C)c1C(C)(C)C. The normalized spacial score (nSPS) is 12.7. The van der Waals surface area contributed by atoms with Crippen LogP contribution in [0.3, 0.4) is 0 Å². The summed E-state index contributed by atoms with van der Waals surface area (Å²) in [4.78, 5) is 24.3. The monoisotopic (exact) mass is 487 g/mol. The summed E-state index contributed by atoms with van der Waals surface area (Å²) in [5.41, 5.74) is 1.68. The van der Waals surface area contributed by atoms with Gasteiger partial charge in [-0.25, -0.2) is 9.59 Å². The Kier molecular flexibility index (Phi) is 8.91. The zero-order valence-electron chi connectivity index (χ0n) is 21.4. The van der Waals surface area contributed by atoms with Gasteiger partial charge in [-0.1, -0.05) is 71.9 Å². The van der Waals surface area contributed by atoms with E-state index < -0.39 is 21.1 Å². The van der Waals surface area contributed by atoms with Gasteiger partial charge >= 0.3 is 12.1 Å². The van der Waals surface area contributed by atoms with Gasteiger partial charge in [0.15, 0.2) is 9.04 Å². The van der Waals surface area contributed by atoms with E-state index in [0.717, 1.165) is 22.5 Å². The molecule has 0 saturated heterocycles. The van der Waals surface area contributed by atoms with Crippen molar-refractivity contribution in [3.05, 3.63) is 64.2 Å². The number of carboxylic acids is 1. The standard InChI is InChI=1S/C26H37NO6Si/c1-25(2,3)21-18(16-32-34(7)8)20(33-22(21)26(4,5)6)14-19(23(28)29)27-24(30)31-15-17-12-10-9-11-13-17/h9-14,34H,15-16H2,1-8H3,(H,27,30)(H,28,29)/b19-14+. The third-order valence-corrected chi connectivity index (χ3v) is 5.82. The van der Waals surface area contributed by atoms with Crippen LogP contribution < -0.4 is 5.32 Å². The van der Waals surface area contributed by atoms with Gasteiger partial charge < -0.3 is 18.7 Å². The number of furan rings is 1. The summed E-state index contributed by atoms with van der Waals surface area (Å²) in [6.07, 6.45) is 0.487. The summed E-state index contributed by atoms with van der Waals surface area (Å²) in [5, 5.41) is 12.1. The number of carbonyl (C=O) groups excluding carboxylic acids is 1. The van der Waals surface area contributed by atoms with Crippen molar-refractivity contribution >= 4 is 27.2 Å². The molecule has 0 fully saturated rings. The van der Waals surface area contributed by atoms with Crippen molar-refractivity contribution in [2.24, 2.45) is 0 Å². The number of carbonyl (C=O) groups is 2. The predicted octanol–water partition coefficient (Wildman–Crippen LogP) is 5.73. The average molecular weight is 488 g/mol. The molecule has 0 aliphatic carbocycles. The van der Waals surface area contributed by atoms with Crippen molar-refractivity contribution in [2.45, 2.75) is 78.7 Å². The Morgan fingerprint density at radius 2 is 1.65 bits per heavy atom. The second-order valence-corrected chi connectivity index (χ2v) is 13.0.